The van der Waals surface area contributed by atoms with Gasteiger partial charge in [0.15, 0.2) is 5.69 Å². The molecular weight excluding hydrogens is 221 g/mol. The van der Waals surface area contributed by atoms with Crippen molar-refractivity contribution in [1.29, 1.82) is 0 Å². The minimum atomic E-state index is -4.49. The van der Waals surface area contributed by atoms with Gasteiger partial charge in [-0.25, -0.2) is 0 Å². The van der Waals surface area contributed by atoms with Gasteiger partial charge in [0.25, 0.3) is 0 Å². The zero-order valence-corrected chi connectivity index (χ0v) is 7.85. The first-order valence-corrected chi connectivity index (χ1v) is 3.98. The molecule has 0 saturated carbocycles. The number of halogens is 4. The van der Waals surface area contributed by atoms with Crippen molar-refractivity contribution >= 4 is 16.8 Å². The largest absolute Gasteiger partial charge is 0.435 e. The topological polar surface area (TPSA) is 34.9 Å². The number of aromatic nitrogens is 2. The van der Waals surface area contributed by atoms with Crippen LogP contribution in [0.3, 0.4) is 0 Å². The minimum absolute atomic E-state index is 0.242. The van der Waals surface area contributed by atoms with Crippen LogP contribution in [0, 0.1) is 6.92 Å². The van der Waals surface area contributed by atoms with Crippen LogP contribution in [0.4, 0.5) is 13.2 Å². The number of hydrogen-bond donors (Lipinski definition) is 0. The van der Waals surface area contributed by atoms with Crippen LogP contribution in [0.15, 0.2) is 6.07 Å². The third-order valence-corrected chi connectivity index (χ3v) is 1.67. The Balaban J connectivity index is 2.99. The van der Waals surface area contributed by atoms with Crippen molar-refractivity contribution in [2.75, 3.05) is 0 Å². The van der Waals surface area contributed by atoms with Crippen LogP contribution in [0.1, 0.15) is 11.4 Å². The number of hydrogen-bond acceptors (Lipinski definition) is 2. The lowest BCUT2D eigenvalue weighted by Crippen LogP contribution is -2.11. The fraction of sp³-hybridized carbons (Fsp3) is 0.429. The van der Waals surface area contributed by atoms with Crippen molar-refractivity contribution in [2.45, 2.75) is 19.6 Å². The van der Waals surface area contributed by atoms with Gasteiger partial charge >= 0.3 is 6.18 Å². The fourth-order valence-electron chi connectivity index (χ4n) is 0.926. The van der Waals surface area contributed by atoms with Gasteiger partial charge < -0.3 is 0 Å². The van der Waals surface area contributed by atoms with Crippen LogP contribution in [-0.2, 0) is 17.5 Å². The molecule has 0 radical (unpaired) electrons. The Bertz CT molecular complexity index is 358. The number of rotatable bonds is 2. The third kappa shape index (κ3) is 2.47. The van der Waals surface area contributed by atoms with Gasteiger partial charge in [0.05, 0.1) is 0 Å². The van der Waals surface area contributed by atoms with Crippen LogP contribution in [0.25, 0.3) is 0 Å². The average molecular weight is 227 g/mol. The molecule has 1 aromatic rings. The first-order valence-electron chi connectivity index (χ1n) is 3.60. The van der Waals surface area contributed by atoms with Crippen molar-refractivity contribution in [1.82, 2.24) is 9.78 Å². The first kappa shape index (κ1) is 11.0. The maximum absolute atomic E-state index is 12.1. The molecular formula is C7H6ClF3N2O. The van der Waals surface area contributed by atoms with Gasteiger partial charge in [-0.3, -0.25) is 9.48 Å². The summed E-state index contributed by atoms with van der Waals surface area (Å²) < 4.78 is 37.3. The van der Waals surface area contributed by atoms with Gasteiger partial charge in [-0.2, -0.15) is 18.3 Å². The lowest BCUT2D eigenvalue weighted by molar-refractivity contribution is -0.141. The van der Waals surface area contributed by atoms with E-state index in [0.717, 1.165) is 10.7 Å². The number of aryl methyl sites for hydroxylation is 1. The second kappa shape index (κ2) is 3.61. The number of carbonyl (C=O) groups excluding carboxylic acids is 1. The van der Waals surface area contributed by atoms with E-state index >= 15 is 0 Å². The molecule has 0 saturated heterocycles. The zero-order valence-electron chi connectivity index (χ0n) is 7.10. The van der Waals surface area contributed by atoms with Crippen LogP contribution in [-0.4, -0.2) is 15.0 Å². The number of alkyl halides is 3. The summed E-state index contributed by atoms with van der Waals surface area (Å²) in [5.74, 6) is 0. The number of carbonyl (C=O) groups is 1. The van der Waals surface area contributed by atoms with Gasteiger partial charge in [-0.1, -0.05) is 0 Å². The van der Waals surface area contributed by atoms with E-state index in [0.29, 0.717) is 0 Å². The molecule has 1 heterocycles. The molecule has 0 bridgehead atoms. The second-order valence-corrected chi connectivity index (χ2v) is 3.10. The van der Waals surface area contributed by atoms with Crippen molar-refractivity contribution in [3.05, 3.63) is 17.5 Å². The predicted molar refractivity (Wildman–Crippen MR) is 42.8 cm³/mol. The predicted octanol–water partition coefficient (Wildman–Crippen LogP) is 1.98. The average Bonchev–Trinajstić information content (AvgIpc) is 2.30. The van der Waals surface area contributed by atoms with E-state index in [2.05, 4.69) is 5.10 Å². The quantitative estimate of drug-likeness (QED) is 0.723. The highest BCUT2D eigenvalue weighted by atomic mass is 35.5. The molecule has 1 aromatic heterocycles. The summed E-state index contributed by atoms with van der Waals surface area (Å²) in [6.45, 7) is 1.06. The van der Waals surface area contributed by atoms with E-state index in [1.807, 2.05) is 0 Å². The van der Waals surface area contributed by atoms with E-state index in [-0.39, 0.29) is 12.2 Å². The lowest BCUT2D eigenvalue weighted by atomic mass is 10.4. The molecule has 1 rings (SSSR count). The molecule has 0 aliphatic carbocycles. The minimum Gasteiger partial charge on any atom is -0.279 e. The highest BCUT2D eigenvalue weighted by Gasteiger charge is 2.34. The van der Waals surface area contributed by atoms with Gasteiger partial charge in [-0.15, -0.1) is 0 Å². The van der Waals surface area contributed by atoms with Gasteiger partial charge in [-0.05, 0) is 24.6 Å². The summed E-state index contributed by atoms with van der Waals surface area (Å²) in [5.41, 5.74) is -0.778. The Hall–Kier alpha value is -1.04. The van der Waals surface area contributed by atoms with Gasteiger partial charge in [0.1, 0.15) is 6.54 Å². The maximum atomic E-state index is 12.1. The van der Waals surface area contributed by atoms with Crippen molar-refractivity contribution in [3.63, 3.8) is 0 Å². The molecule has 0 fully saturated rings. The van der Waals surface area contributed by atoms with E-state index in [1.54, 1.807) is 0 Å². The molecule has 3 nitrogen and oxygen atoms in total. The van der Waals surface area contributed by atoms with E-state index in [4.69, 9.17) is 11.6 Å². The Labute approximate surface area is 82.5 Å². The zero-order chi connectivity index (χ0) is 10.9. The number of nitrogens with zero attached hydrogens (tertiary/aromatic N) is 2. The fourth-order valence-corrected chi connectivity index (χ4v) is 1.04. The summed E-state index contributed by atoms with van der Waals surface area (Å²) >= 11 is 5.03. The summed E-state index contributed by atoms with van der Waals surface area (Å²) in [7, 11) is 0. The Morgan fingerprint density at radius 1 is 1.64 bits per heavy atom. The molecule has 78 valence electrons. The van der Waals surface area contributed by atoms with Crippen LogP contribution in [0.5, 0.6) is 0 Å². The monoisotopic (exact) mass is 226 g/mol. The van der Waals surface area contributed by atoms with Crippen molar-refractivity contribution < 1.29 is 18.0 Å². The molecule has 0 spiro atoms. The van der Waals surface area contributed by atoms with Crippen LogP contribution >= 0.6 is 11.6 Å². The summed E-state index contributed by atoms with van der Waals surface area (Å²) in [5, 5.41) is 2.45. The Kier molecular flexibility index (Phi) is 2.84. The van der Waals surface area contributed by atoms with E-state index in [1.165, 1.54) is 6.92 Å². The molecule has 0 N–H and O–H groups in total. The highest BCUT2D eigenvalue weighted by molar-refractivity contribution is 6.63. The van der Waals surface area contributed by atoms with Crippen molar-refractivity contribution in [3.8, 4) is 0 Å². The molecule has 0 aliphatic heterocycles. The molecule has 0 amide bonds. The third-order valence-electron chi connectivity index (χ3n) is 1.55. The smallest absolute Gasteiger partial charge is 0.279 e. The Morgan fingerprint density at radius 3 is 2.57 bits per heavy atom. The summed E-state index contributed by atoms with van der Waals surface area (Å²) in [6, 6.07) is 0.861. The highest BCUT2D eigenvalue weighted by Crippen LogP contribution is 2.28. The molecule has 0 atom stereocenters. The molecule has 14 heavy (non-hydrogen) atoms. The van der Waals surface area contributed by atoms with E-state index in [9.17, 15) is 18.0 Å². The van der Waals surface area contributed by atoms with Crippen LogP contribution in [0.2, 0.25) is 0 Å². The lowest BCUT2D eigenvalue weighted by Gasteiger charge is -2.00. The normalized spacial score (nSPS) is 11.8. The molecule has 0 unspecified atom stereocenters. The summed E-state index contributed by atoms with van der Waals surface area (Å²) in [4.78, 5) is 10.4. The SMILES string of the molecule is Cc1cc(C(F)(F)F)nn1CC(=O)Cl. The van der Waals surface area contributed by atoms with Gasteiger partial charge in [0.2, 0.25) is 5.24 Å². The summed E-state index contributed by atoms with van der Waals surface area (Å²) in [6.07, 6.45) is -4.49. The van der Waals surface area contributed by atoms with E-state index < -0.39 is 17.1 Å². The first-order chi connectivity index (χ1) is 6.30. The Morgan fingerprint density at radius 2 is 2.21 bits per heavy atom. The molecule has 0 aliphatic rings. The van der Waals surface area contributed by atoms with Crippen molar-refractivity contribution in [2.24, 2.45) is 0 Å². The molecule has 0 aromatic carbocycles. The standard InChI is InChI=1S/C7H6ClF3N2O/c1-4-2-5(7(9,10)11)12-13(4)3-6(8)14/h2H,3H2,1H3. The second-order valence-electron chi connectivity index (χ2n) is 2.68. The van der Waals surface area contributed by atoms with Crippen LogP contribution < -0.4 is 0 Å². The maximum Gasteiger partial charge on any atom is 0.435 e. The van der Waals surface area contributed by atoms with Gasteiger partial charge in [0, 0.05) is 5.69 Å². The molecule has 7 heteroatoms.